The zero-order chi connectivity index (χ0) is 19.9. The Hall–Kier alpha value is -3.58. The lowest BCUT2D eigenvalue weighted by Gasteiger charge is -2.09. The maximum absolute atomic E-state index is 12.2. The third-order valence-corrected chi connectivity index (χ3v) is 4.05. The summed E-state index contributed by atoms with van der Waals surface area (Å²) in [5.74, 6) is -0.564. The molecule has 2 amide bonds. The standard InChI is InChI=1S/C21H20N4O3/c1-3-20(26)25-18-9-10-22-17-8-7-14(13-15(17)18)16-5-4-6-19(24-16)21(27)23-11-12-28-2/h3-10,13H,1,11-12H2,2H3,(H,23,27)(H,22,25,26). The number of benzene rings is 1. The van der Waals surface area contributed by atoms with Crippen LogP contribution in [0.5, 0.6) is 0 Å². The highest BCUT2D eigenvalue weighted by molar-refractivity contribution is 6.05. The van der Waals surface area contributed by atoms with Crippen LogP contribution in [0.3, 0.4) is 0 Å². The minimum atomic E-state index is -0.300. The molecule has 2 aromatic heterocycles. The van der Waals surface area contributed by atoms with Crippen LogP contribution in [0, 0.1) is 0 Å². The van der Waals surface area contributed by atoms with Crippen molar-refractivity contribution in [2.45, 2.75) is 0 Å². The normalized spacial score (nSPS) is 10.5. The van der Waals surface area contributed by atoms with Crippen LogP contribution in [0.15, 0.2) is 61.3 Å². The quantitative estimate of drug-likeness (QED) is 0.489. The second-order valence-corrected chi connectivity index (χ2v) is 5.94. The van der Waals surface area contributed by atoms with Crippen molar-refractivity contribution in [2.75, 3.05) is 25.6 Å². The van der Waals surface area contributed by atoms with Crippen molar-refractivity contribution in [3.63, 3.8) is 0 Å². The molecule has 0 saturated heterocycles. The van der Waals surface area contributed by atoms with Crippen molar-refractivity contribution in [1.29, 1.82) is 0 Å². The molecule has 3 aromatic rings. The monoisotopic (exact) mass is 376 g/mol. The van der Waals surface area contributed by atoms with Crippen LogP contribution in [-0.2, 0) is 9.53 Å². The number of amides is 2. The number of aromatic nitrogens is 2. The van der Waals surface area contributed by atoms with Crippen LogP contribution in [0.1, 0.15) is 10.5 Å². The van der Waals surface area contributed by atoms with Gasteiger partial charge in [-0.15, -0.1) is 0 Å². The molecular weight excluding hydrogens is 356 g/mol. The van der Waals surface area contributed by atoms with E-state index in [1.165, 1.54) is 6.08 Å². The molecular formula is C21H20N4O3. The second kappa shape index (κ2) is 8.88. The molecule has 0 radical (unpaired) electrons. The molecule has 142 valence electrons. The van der Waals surface area contributed by atoms with Crippen molar-refractivity contribution >= 4 is 28.4 Å². The highest BCUT2D eigenvalue weighted by Crippen LogP contribution is 2.27. The number of hydrogen-bond donors (Lipinski definition) is 2. The highest BCUT2D eigenvalue weighted by Gasteiger charge is 2.10. The molecule has 7 nitrogen and oxygen atoms in total. The van der Waals surface area contributed by atoms with E-state index in [1.54, 1.807) is 31.5 Å². The zero-order valence-electron chi connectivity index (χ0n) is 15.4. The predicted molar refractivity (Wildman–Crippen MR) is 108 cm³/mol. The Balaban J connectivity index is 1.94. The Bertz CT molecular complexity index is 1030. The van der Waals surface area contributed by atoms with E-state index >= 15 is 0 Å². The van der Waals surface area contributed by atoms with Gasteiger partial charge in [0, 0.05) is 30.8 Å². The summed E-state index contributed by atoms with van der Waals surface area (Å²) in [6.45, 7) is 4.32. The molecule has 2 heterocycles. The summed E-state index contributed by atoms with van der Waals surface area (Å²) in [7, 11) is 1.57. The molecule has 7 heteroatoms. The van der Waals surface area contributed by atoms with Crippen LogP contribution < -0.4 is 10.6 Å². The van der Waals surface area contributed by atoms with Crippen molar-refractivity contribution in [3.05, 3.63) is 67.0 Å². The summed E-state index contributed by atoms with van der Waals surface area (Å²) in [5.41, 5.74) is 3.14. The van der Waals surface area contributed by atoms with Gasteiger partial charge in [-0.2, -0.15) is 0 Å². The molecule has 28 heavy (non-hydrogen) atoms. The fourth-order valence-electron chi connectivity index (χ4n) is 2.68. The van der Waals surface area contributed by atoms with Crippen LogP contribution in [0.4, 0.5) is 5.69 Å². The molecule has 0 fully saturated rings. The van der Waals surface area contributed by atoms with Crippen molar-refractivity contribution < 1.29 is 14.3 Å². The molecule has 0 atom stereocenters. The van der Waals surface area contributed by atoms with Gasteiger partial charge in [0.2, 0.25) is 5.91 Å². The maximum Gasteiger partial charge on any atom is 0.269 e. The lowest BCUT2D eigenvalue weighted by molar-refractivity contribution is -0.111. The number of nitrogens with zero attached hydrogens (tertiary/aromatic N) is 2. The van der Waals surface area contributed by atoms with Crippen LogP contribution in [0.25, 0.3) is 22.2 Å². The summed E-state index contributed by atoms with van der Waals surface area (Å²) < 4.78 is 4.93. The molecule has 3 rings (SSSR count). The number of ether oxygens (including phenoxy) is 1. The summed E-state index contributed by atoms with van der Waals surface area (Å²) in [5, 5.41) is 6.30. The number of hydrogen-bond acceptors (Lipinski definition) is 5. The molecule has 1 aromatic carbocycles. The van der Waals surface area contributed by atoms with E-state index in [1.807, 2.05) is 24.3 Å². The van der Waals surface area contributed by atoms with E-state index in [2.05, 4.69) is 27.2 Å². The Morgan fingerprint density at radius 2 is 2.07 bits per heavy atom. The summed E-state index contributed by atoms with van der Waals surface area (Å²) in [4.78, 5) is 32.7. The lowest BCUT2D eigenvalue weighted by atomic mass is 10.1. The largest absolute Gasteiger partial charge is 0.383 e. The van der Waals surface area contributed by atoms with Gasteiger partial charge in [-0.25, -0.2) is 4.98 Å². The molecule has 0 spiro atoms. The van der Waals surface area contributed by atoms with Gasteiger partial charge >= 0.3 is 0 Å². The number of carbonyl (C=O) groups is 2. The number of methoxy groups -OCH3 is 1. The van der Waals surface area contributed by atoms with E-state index in [4.69, 9.17) is 4.74 Å². The third kappa shape index (κ3) is 4.39. The first-order chi connectivity index (χ1) is 13.6. The van der Waals surface area contributed by atoms with Gasteiger partial charge in [-0.05, 0) is 36.4 Å². The molecule has 2 N–H and O–H groups in total. The van der Waals surface area contributed by atoms with Crippen LogP contribution in [-0.4, -0.2) is 42.0 Å². The smallest absolute Gasteiger partial charge is 0.269 e. The zero-order valence-corrected chi connectivity index (χ0v) is 15.4. The first-order valence-electron chi connectivity index (χ1n) is 8.69. The Labute approximate surface area is 162 Å². The fraction of sp³-hybridized carbons (Fsp3) is 0.143. The number of pyridine rings is 2. The number of nitrogens with one attached hydrogen (secondary N) is 2. The van der Waals surface area contributed by atoms with Gasteiger partial charge in [0.05, 0.1) is 23.5 Å². The average molecular weight is 376 g/mol. The summed E-state index contributed by atoms with van der Waals surface area (Å²) in [6, 6.07) is 12.6. The predicted octanol–water partition coefficient (Wildman–Crippen LogP) is 2.80. The van der Waals surface area contributed by atoms with Crippen LogP contribution in [0.2, 0.25) is 0 Å². The maximum atomic E-state index is 12.2. The van der Waals surface area contributed by atoms with E-state index in [9.17, 15) is 9.59 Å². The van der Waals surface area contributed by atoms with Crippen molar-refractivity contribution in [3.8, 4) is 11.3 Å². The average Bonchev–Trinajstić information content (AvgIpc) is 2.73. The number of fused-ring (bicyclic) bond motifs is 1. The minimum absolute atomic E-state index is 0.264. The topological polar surface area (TPSA) is 93.2 Å². The van der Waals surface area contributed by atoms with E-state index in [-0.39, 0.29) is 11.8 Å². The number of rotatable bonds is 7. The van der Waals surface area contributed by atoms with Gasteiger partial charge in [0.25, 0.3) is 5.91 Å². The molecule has 0 aliphatic heterocycles. The van der Waals surface area contributed by atoms with Gasteiger partial charge in [0.15, 0.2) is 0 Å². The van der Waals surface area contributed by atoms with E-state index in [0.29, 0.717) is 30.2 Å². The van der Waals surface area contributed by atoms with Gasteiger partial charge in [0.1, 0.15) is 5.69 Å². The van der Waals surface area contributed by atoms with Gasteiger partial charge in [-0.3, -0.25) is 14.6 Å². The number of carbonyl (C=O) groups excluding carboxylic acids is 2. The SMILES string of the molecule is C=CC(=O)Nc1ccnc2ccc(-c3cccc(C(=O)NCCOC)n3)cc12. The second-order valence-electron chi connectivity index (χ2n) is 5.94. The first kappa shape index (κ1) is 19.2. The molecule has 0 aliphatic carbocycles. The minimum Gasteiger partial charge on any atom is -0.383 e. The molecule has 0 bridgehead atoms. The fourth-order valence-corrected chi connectivity index (χ4v) is 2.68. The van der Waals surface area contributed by atoms with Gasteiger partial charge < -0.3 is 15.4 Å². The highest BCUT2D eigenvalue weighted by atomic mass is 16.5. The molecule has 0 saturated carbocycles. The Kier molecular flexibility index (Phi) is 6.08. The van der Waals surface area contributed by atoms with Crippen molar-refractivity contribution in [2.24, 2.45) is 0 Å². The van der Waals surface area contributed by atoms with Crippen molar-refractivity contribution in [1.82, 2.24) is 15.3 Å². The summed E-state index contributed by atoms with van der Waals surface area (Å²) >= 11 is 0. The lowest BCUT2D eigenvalue weighted by Crippen LogP contribution is -2.27. The Morgan fingerprint density at radius 3 is 2.86 bits per heavy atom. The molecule has 0 unspecified atom stereocenters. The van der Waals surface area contributed by atoms with Crippen LogP contribution >= 0.6 is 0 Å². The van der Waals surface area contributed by atoms with E-state index < -0.39 is 0 Å². The number of anilines is 1. The third-order valence-electron chi connectivity index (χ3n) is 4.05. The van der Waals surface area contributed by atoms with E-state index in [0.717, 1.165) is 16.5 Å². The molecule has 0 aliphatic rings. The first-order valence-corrected chi connectivity index (χ1v) is 8.69. The Morgan fingerprint density at radius 1 is 1.21 bits per heavy atom. The summed E-state index contributed by atoms with van der Waals surface area (Å²) in [6.07, 6.45) is 2.84. The van der Waals surface area contributed by atoms with Gasteiger partial charge in [-0.1, -0.05) is 18.7 Å².